The minimum atomic E-state index is -3.40. The number of sulfonamides is 1. The molecule has 0 aliphatic heterocycles. The van der Waals surface area contributed by atoms with Gasteiger partial charge in [0.2, 0.25) is 10.0 Å². The zero-order valence-electron chi connectivity index (χ0n) is 13.0. The Balaban J connectivity index is 2.05. The van der Waals surface area contributed by atoms with Crippen molar-refractivity contribution in [3.63, 3.8) is 0 Å². The van der Waals surface area contributed by atoms with E-state index < -0.39 is 10.0 Å². The highest BCUT2D eigenvalue weighted by molar-refractivity contribution is 7.89. The Labute approximate surface area is 128 Å². The second-order valence-electron chi connectivity index (χ2n) is 5.93. The van der Waals surface area contributed by atoms with Crippen LogP contribution in [0.1, 0.15) is 18.4 Å². The molecule has 118 valence electrons. The molecule has 6 heteroatoms. The lowest BCUT2D eigenvalue weighted by Gasteiger charge is -2.19. The van der Waals surface area contributed by atoms with Crippen LogP contribution in [0.3, 0.4) is 0 Å². The van der Waals surface area contributed by atoms with Crippen LogP contribution < -0.4 is 5.32 Å². The van der Waals surface area contributed by atoms with Crippen molar-refractivity contribution in [2.45, 2.75) is 30.3 Å². The number of nitrogens with one attached hydrogen (secondary N) is 1. The third-order valence-corrected chi connectivity index (χ3v) is 5.49. The minimum absolute atomic E-state index is 0.374. The van der Waals surface area contributed by atoms with Crippen LogP contribution in [0.4, 0.5) is 0 Å². The maximum absolute atomic E-state index is 12.5. The SMILES string of the molecule is CN(C)CCN(C)S(=O)(=O)c1cccc(CNC2CC2)c1. The molecule has 21 heavy (non-hydrogen) atoms. The number of hydrogen-bond donors (Lipinski definition) is 1. The lowest BCUT2D eigenvalue weighted by atomic mass is 10.2. The molecular weight excluding hydrogens is 286 g/mol. The molecule has 1 saturated carbocycles. The largest absolute Gasteiger partial charge is 0.310 e. The fraction of sp³-hybridized carbons (Fsp3) is 0.600. The Bertz CT molecular complexity index is 568. The summed E-state index contributed by atoms with van der Waals surface area (Å²) < 4.78 is 26.5. The van der Waals surface area contributed by atoms with Crippen molar-refractivity contribution >= 4 is 10.0 Å². The van der Waals surface area contributed by atoms with E-state index in [0.29, 0.717) is 24.0 Å². The molecule has 1 fully saturated rings. The summed E-state index contributed by atoms with van der Waals surface area (Å²) in [6, 6.07) is 7.84. The van der Waals surface area contributed by atoms with Gasteiger partial charge in [-0.05, 0) is 44.6 Å². The van der Waals surface area contributed by atoms with E-state index in [4.69, 9.17) is 0 Å². The predicted molar refractivity (Wildman–Crippen MR) is 84.7 cm³/mol. The lowest BCUT2D eigenvalue weighted by molar-refractivity contribution is 0.358. The second kappa shape index (κ2) is 6.87. The van der Waals surface area contributed by atoms with E-state index in [9.17, 15) is 8.42 Å². The number of nitrogens with zero attached hydrogens (tertiary/aromatic N) is 2. The first-order valence-electron chi connectivity index (χ1n) is 7.33. The number of rotatable bonds is 8. The maximum Gasteiger partial charge on any atom is 0.242 e. The van der Waals surface area contributed by atoms with Crippen LogP contribution in [-0.4, -0.2) is 57.9 Å². The van der Waals surface area contributed by atoms with Crippen molar-refractivity contribution in [2.24, 2.45) is 0 Å². The average molecular weight is 311 g/mol. The zero-order valence-corrected chi connectivity index (χ0v) is 13.9. The summed E-state index contributed by atoms with van der Waals surface area (Å²) in [6.07, 6.45) is 2.45. The fourth-order valence-corrected chi connectivity index (χ4v) is 3.24. The van der Waals surface area contributed by atoms with E-state index in [0.717, 1.165) is 12.1 Å². The summed E-state index contributed by atoms with van der Waals surface area (Å²) in [5, 5.41) is 3.41. The Morgan fingerprint density at radius 2 is 1.90 bits per heavy atom. The Morgan fingerprint density at radius 3 is 2.52 bits per heavy atom. The topological polar surface area (TPSA) is 52.7 Å². The number of benzene rings is 1. The van der Waals surface area contributed by atoms with E-state index >= 15 is 0 Å². The van der Waals surface area contributed by atoms with Gasteiger partial charge >= 0.3 is 0 Å². The Kier molecular flexibility index (Phi) is 5.37. The van der Waals surface area contributed by atoms with Crippen LogP contribution in [0.25, 0.3) is 0 Å². The number of likely N-dealkylation sites (N-methyl/N-ethyl adjacent to an activating group) is 2. The summed E-state index contributed by atoms with van der Waals surface area (Å²) in [7, 11) is 2.10. The molecule has 0 bridgehead atoms. The van der Waals surface area contributed by atoms with E-state index in [2.05, 4.69) is 5.32 Å². The normalized spacial score (nSPS) is 15.9. The van der Waals surface area contributed by atoms with Gasteiger partial charge in [0.15, 0.2) is 0 Å². The molecule has 0 amide bonds. The van der Waals surface area contributed by atoms with Crippen molar-refractivity contribution in [2.75, 3.05) is 34.2 Å². The Hall–Kier alpha value is -0.950. The number of hydrogen-bond acceptors (Lipinski definition) is 4. The molecule has 0 spiro atoms. The van der Waals surface area contributed by atoms with Gasteiger partial charge in [0.05, 0.1) is 4.90 Å². The van der Waals surface area contributed by atoms with Gasteiger partial charge in [-0.15, -0.1) is 0 Å². The maximum atomic E-state index is 12.5. The predicted octanol–water partition coefficient (Wildman–Crippen LogP) is 1.12. The molecule has 0 saturated heterocycles. The summed E-state index contributed by atoms with van der Waals surface area (Å²) in [5.74, 6) is 0. The molecule has 0 aromatic heterocycles. The summed E-state index contributed by atoms with van der Waals surface area (Å²) in [5.41, 5.74) is 1.02. The first kappa shape index (κ1) is 16.4. The Morgan fingerprint density at radius 1 is 1.19 bits per heavy atom. The van der Waals surface area contributed by atoms with Gasteiger partial charge in [0, 0.05) is 32.7 Å². The highest BCUT2D eigenvalue weighted by Gasteiger charge is 2.22. The van der Waals surface area contributed by atoms with E-state index in [1.807, 2.05) is 31.1 Å². The van der Waals surface area contributed by atoms with E-state index in [1.54, 1.807) is 19.2 Å². The van der Waals surface area contributed by atoms with E-state index in [-0.39, 0.29) is 0 Å². The molecule has 0 heterocycles. The van der Waals surface area contributed by atoms with Gasteiger partial charge < -0.3 is 10.2 Å². The van der Waals surface area contributed by atoms with Crippen LogP contribution in [-0.2, 0) is 16.6 Å². The first-order valence-corrected chi connectivity index (χ1v) is 8.77. The molecule has 0 unspecified atom stereocenters. The van der Waals surface area contributed by atoms with Crippen LogP contribution in [0.5, 0.6) is 0 Å². The molecule has 1 aliphatic rings. The van der Waals surface area contributed by atoms with Gasteiger partial charge in [0.25, 0.3) is 0 Å². The van der Waals surface area contributed by atoms with Gasteiger partial charge in [-0.2, -0.15) is 4.31 Å². The van der Waals surface area contributed by atoms with Crippen molar-refractivity contribution in [1.29, 1.82) is 0 Å². The highest BCUT2D eigenvalue weighted by atomic mass is 32.2. The monoisotopic (exact) mass is 311 g/mol. The fourth-order valence-electron chi connectivity index (χ4n) is 2.01. The quantitative estimate of drug-likeness (QED) is 0.782. The molecule has 1 aromatic carbocycles. The summed E-state index contributed by atoms with van der Waals surface area (Å²) >= 11 is 0. The molecule has 2 rings (SSSR count). The second-order valence-corrected chi connectivity index (χ2v) is 7.98. The highest BCUT2D eigenvalue weighted by Crippen LogP contribution is 2.20. The molecule has 5 nitrogen and oxygen atoms in total. The van der Waals surface area contributed by atoms with Crippen molar-refractivity contribution in [1.82, 2.24) is 14.5 Å². The van der Waals surface area contributed by atoms with Gasteiger partial charge in [-0.3, -0.25) is 0 Å². The van der Waals surface area contributed by atoms with Gasteiger partial charge in [-0.1, -0.05) is 12.1 Å². The third kappa shape index (κ3) is 4.78. The van der Waals surface area contributed by atoms with Crippen LogP contribution in [0.15, 0.2) is 29.2 Å². The smallest absolute Gasteiger partial charge is 0.242 e. The molecule has 1 N–H and O–H groups in total. The standard InChI is InChI=1S/C15H25N3O2S/c1-17(2)9-10-18(3)21(19,20)15-6-4-5-13(11-15)12-16-14-7-8-14/h4-6,11,14,16H,7-10,12H2,1-3H3. The summed E-state index contributed by atoms with van der Waals surface area (Å²) in [6.45, 7) is 1.92. The average Bonchev–Trinajstić information content (AvgIpc) is 3.27. The zero-order chi connectivity index (χ0) is 15.5. The molecular formula is C15H25N3O2S. The van der Waals surface area contributed by atoms with Crippen LogP contribution in [0.2, 0.25) is 0 Å². The molecule has 0 radical (unpaired) electrons. The van der Waals surface area contributed by atoms with Crippen molar-refractivity contribution < 1.29 is 8.42 Å². The third-order valence-electron chi connectivity index (χ3n) is 3.64. The van der Waals surface area contributed by atoms with Crippen LogP contribution in [0, 0.1) is 0 Å². The van der Waals surface area contributed by atoms with Crippen LogP contribution >= 0.6 is 0 Å². The van der Waals surface area contributed by atoms with Crippen molar-refractivity contribution in [3.8, 4) is 0 Å². The molecule has 1 aromatic rings. The molecule has 1 aliphatic carbocycles. The van der Waals surface area contributed by atoms with Crippen molar-refractivity contribution in [3.05, 3.63) is 29.8 Å². The van der Waals surface area contributed by atoms with Gasteiger partial charge in [0.1, 0.15) is 0 Å². The first-order chi connectivity index (χ1) is 9.89. The summed E-state index contributed by atoms with van der Waals surface area (Å²) in [4.78, 5) is 2.35. The molecule has 0 atom stereocenters. The van der Waals surface area contributed by atoms with Gasteiger partial charge in [-0.25, -0.2) is 8.42 Å². The minimum Gasteiger partial charge on any atom is -0.310 e. The van der Waals surface area contributed by atoms with E-state index in [1.165, 1.54) is 17.1 Å². The lowest BCUT2D eigenvalue weighted by Crippen LogP contribution is -2.33.